The summed E-state index contributed by atoms with van der Waals surface area (Å²) in [5.74, 6) is 1.09. The molecule has 0 amide bonds. The number of rotatable bonds is 7. The van der Waals surface area contributed by atoms with Crippen LogP contribution in [0.5, 0.6) is 11.5 Å². The van der Waals surface area contributed by atoms with E-state index in [9.17, 15) is 0 Å². The molecule has 0 aliphatic heterocycles. The molecule has 0 heterocycles. The van der Waals surface area contributed by atoms with Gasteiger partial charge in [0.25, 0.3) is 0 Å². The summed E-state index contributed by atoms with van der Waals surface area (Å²) in [5, 5.41) is 9.15. The molecule has 1 N–H and O–H groups in total. The Morgan fingerprint density at radius 2 is 1.53 bits per heavy atom. The van der Waals surface area contributed by atoms with Gasteiger partial charge in [-0.3, -0.25) is 0 Å². The van der Waals surface area contributed by atoms with Crippen molar-refractivity contribution in [3.8, 4) is 11.5 Å². The van der Waals surface area contributed by atoms with Gasteiger partial charge in [0.05, 0.1) is 6.61 Å². The Bertz CT molecular complexity index is 462. The Labute approximate surface area is 114 Å². The number of aromatic hydroxyl groups is 1. The van der Waals surface area contributed by atoms with Crippen LogP contribution in [0.2, 0.25) is 0 Å². The fourth-order valence-electron chi connectivity index (χ4n) is 1.99. The zero-order valence-corrected chi connectivity index (χ0v) is 11.1. The zero-order chi connectivity index (χ0) is 13.3. The molecule has 0 aliphatic rings. The normalized spacial score (nSPS) is 10.3. The first-order chi connectivity index (χ1) is 9.34. The Hall–Kier alpha value is -1.96. The van der Waals surface area contributed by atoms with Gasteiger partial charge in [-0.15, -0.1) is 0 Å². The summed E-state index contributed by atoms with van der Waals surface area (Å²) in [6.07, 6.45) is 4.57. The van der Waals surface area contributed by atoms with E-state index >= 15 is 0 Å². The van der Waals surface area contributed by atoms with Gasteiger partial charge in [-0.2, -0.15) is 0 Å². The fourth-order valence-corrected chi connectivity index (χ4v) is 1.99. The Morgan fingerprint density at radius 3 is 2.26 bits per heavy atom. The smallest absolute Gasteiger partial charge is 0.119 e. The molecule has 0 aliphatic carbocycles. The molecule has 2 heteroatoms. The highest BCUT2D eigenvalue weighted by molar-refractivity contribution is 5.29. The topological polar surface area (TPSA) is 29.5 Å². The number of hydrogen-bond donors (Lipinski definition) is 1. The number of hydrogen-bond acceptors (Lipinski definition) is 2. The highest BCUT2D eigenvalue weighted by Crippen LogP contribution is 2.16. The predicted molar refractivity (Wildman–Crippen MR) is 77.6 cm³/mol. The third-order valence-corrected chi connectivity index (χ3v) is 3.06. The molecule has 0 unspecified atom stereocenters. The van der Waals surface area contributed by atoms with Crippen molar-refractivity contribution in [3.63, 3.8) is 0 Å². The fraction of sp³-hybridized carbons (Fsp3) is 0.294. The molecular weight excluding hydrogens is 236 g/mol. The molecule has 2 aromatic rings. The lowest BCUT2D eigenvalue weighted by atomic mass is 10.1. The van der Waals surface area contributed by atoms with Crippen LogP contribution in [-0.2, 0) is 6.42 Å². The maximum atomic E-state index is 9.15. The van der Waals surface area contributed by atoms with Gasteiger partial charge in [0.15, 0.2) is 0 Å². The first kappa shape index (κ1) is 13.5. The van der Waals surface area contributed by atoms with Crippen LogP contribution in [0.15, 0.2) is 54.6 Å². The standard InChI is InChI=1S/C17H20O2/c18-16-10-12-17(13-11-16)19-14-6-2-5-9-15-7-3-1-4-8-15/h1,3-4,7-8,10-13,18H,2,5-6,9,14H2. The summed E-state index contributed by atoms with van der Waals surface area (Å²) in [6.45, 7) is 0.736. The van der Waals surface area contributed by atoms with Gasteiger partial charge in [0.1, 0.15) is 11.5 Å². The van der Waals surface area contributed by atoms with Crippen molar-refractivity contribution in [1.29, 1.82) is 0 Å². The number of unbranched alkanes of at least 4 members (excludes halogenated alkanes) is 2. The number of benzene rings is 2. The van der Waals surface area contributed by atoms with E-state index in [4.69, 9.17) is 9.84 Å². The lowest BCUT2D eigenvalue weighted by Crippen LogP contribution is -1.97. The minimum absolute atomic E-state index is 0.273. The Balaban J connectivity index is 1.56. The first-order valence-corrected chi connectivity index (χ1v) is 6.80. The molecule has 2 rings (SSSR count). The van der Waals surface area contributed by atoms with Gasteiger partial charge >= 0.3 is 0 Å². The van der Waals surface area contributed by atoms with Crippen LogP contribution in [0.4, 0.5) is 0 Å². The van der Waals surface area contributed by atoms with Crippen LogP contribution in [-0.4, -0.2) is 11.7 Å². The van der Waals surface area contributed by atoms with Crippen molar-refractivity contribution in [2.24, 2.45) is 0 Å². The molecule has 0 aromatic heterocycles. The van der Waals surface area contributed by atoms with E-state index < -0.39 is 0 Å². The van der Waals surface area contributed by atoms with Crippen LogP contribution in [0.3, 0.4) is 0 Å². The lowest BCUT2D eigenvalue weighted by Gasteiger charge is -2.06. The quantitative estimate of drug-likeness (QED) is 0.753. The second-order valence-corrected chi connectivity index (χ2v) is 4.64. The van der Waals surface area contributed by atoms with Crippen molar-refractivity contribution in [2.45, 2.75) is 25.7 Å². The molecule has 19 heavy (non-hydrogen) atoms. The highest BCUT2D eigenvalue weighted by atomic mass is 16.5. The SMILES string of the molecule is Oc1ccc(OCCCCCc2ccccc2)cc1. The molecule has 0 radical (unpaired) electrons. The van der Waals surface area contributed by atoms with E-state index in [-0.39, 0.29) is 5.75 Å². The summed E-state index contributed by atoms with van der Waals surface area (Å²) in [6, 6.07) is 17.4. The van der Waals surface area contributed by atoms with Crippen molar-refractivity contribution in [1.82, 2.24) is 0 Å². The van der Waals surface area contributed by atoms with E-state index in [2.05, 4.69) is 30.3 Å². The van der Waals surface area contributed by atoms with Crippen molar-refractivity contribution < 1.29 is 9.84 Å². The van der Waals surface area contributed by atoms with E-state index in [0.717, 1.165) is 25.2 Å². The number of phenols is 1. The van der Waals surface area contributed by atoms with Gasteiger partial charge in [0, 0.05) is 0 Å². The van der Waals surface area contributed by atoms with Gasteiger partial charge in [-0.25, -0.2) is 0 Å². The minimum Gasteiger partial charge on any atom is -0.508 e. The molecule has 0 saturated carbocycles. The maximum absolute atomic E-state index is 9.15. The molecule has 100 valence electrons. The zero-order valence-electron chi connectivity index (χ0n) is 11.1. The molecule has 2 nitrogen and oxygen atoms in total. The third-order valence-electron chi connectivity index (χ3n) is 3.06. The van der Waals surface area contributed by atoms with Crippen LogP contribution < -0.4 is 4.74 Å². The highest BCUT2D eigenvalue weighted by Gasteiger charge is 1.95. The van der Waals surface area contributed by atoms with E-state index in [1.807, 2.05) is 0 Å². The van der Waals surface area contributed by atoms with Crippen LogP contribution in [0, 0.1) is 0 Å². The number of phenolic OH excluding ortho intramolecular Hbond substituents is 1. The molecular formula is C17H20O2. The molecule has 2 aromatic carbocycles. The third kappa shape index (κ3) is 5.04. The Morgan fingerprint density at radius 1 is 0.789 bits per heavy atom. The summed E-state index contributed by atoms with van der Waals surface area (Å²) in [5.41, 5.74) is 1.40. The van der Waals surface area contributed by atoms with Crippen molar-refractivity contribution in [2.75, 3.05) is 6.61 Å². The monoisotopic (exact) mass is 256 g/mol. The average Bonchev–Trinajstić information content (AvgIpc) is 2.46. The van der Waals surface area contributed by atoms with Crippen LogP contribution in [0.1, 0.15) is 24.8 Å². The van der Waals surface area contributed by atoms with E-state index in [1.54, 1.807) is 24.3 Å². The van der Waals surface area contributed by atoms with E-state index in [1.165, 1.54) is 18.4 Å². The Kier molecular flexibility index (Phi) is 5.30. The van der Waals surface area contributed by atoms with Gasteiger partial charge in [-0.05, 0) is 55.5 Å². The largest absolute Gasteiger partial charge is 0.508 e. The van der Waals surface area contributed by atoms with E-state index in [0.29, 0.717) is 0 Å². The minimum atomic E-state index is 0.273. The van der Waals surface area contributed by atoms with Gasteiger partial charge in [0.2, 0.25) is 0 Å². The van der Waals surface area contributed by atoms with Crippen LogP contribution in [0.25, 0.3) is 0 Å². The van der Waals surface area contributed by atoms with Gasteiger partial charge in [-0.1, -0.05) is 30.3 Å². The predicted octanol–water partition coefficient (Wildman–Crippen LogP) is 4.18. The summed E-state index contributed by atoms with van der Waals surface area (Å²) in [4.78, 5) is 0. The molecule has 0 fully saturated rings. The summed E-state index contributed by atoms with van der Waals surface area (Å²) < 4.78 is 5.60. The molecule has 0 atom stereocenters. The van der Waals surface area contributed by atoms with Gasteiger partial charge < -0.3 is 9.84 Å². The second-order valence-electron chi connectivity index (χ2n) is 4.64. The lowest BCUT2D eigenvalue weighted by molar-refractivity contribution is 0.305. The average molecular weight is 256 g/mol. The summed E-state index contributed by atoms with van der Waals surface area (Å²) >= 11 is 0. The van der Waals surface area contributed by atoms with Crippen molar-refractivity contribution >= 4 is 0 Å². The van der Waals surface area contributed by atoms with Crippen LogP contribution >= 0.6 is 0 Å². The number of aryl methyl sites for hydroxylation is 1. The molecule has 0 saturated heterocycles. The van der Waals surface area contributed by atoms with Crippen molar-refractivity contribution in [3.05, 3.63) is 60.2 Å². The first-order valence-electron chi connectivity index (χ1n) is 6.80. The molecule has 0 spiro atoms. The summed E-state index contributed by atoms with van der Waals surface area (Å²) in [7, 11) is 0. The molecule has 0 bridgehead atoms. The number of ether oxygens (including phenoxy) is 1. The maximum Gasteiger partial charge on any atom is 0.119 e. The second kappa shape index (κ2) is 7.47.